The van der Waals surface area contributed by atoms with Crippen molar-refractivity contribution < 1.29 is 0 Å². The fourth-order valence-electron chi connectivity index (χ4n) is 1.96. The molecule has 0 aliphatic rings. The minimum Gasteiger partial charge on any atom is -0.153 e. The molecule has 0 radical (unpaired) electrons. The van der Waals surface area contributed by atoms with Crippen LogP contribution in [0, 0.1) is 0 Å². The van der Waals surface area contributed by atoms with E-state index in [2.05, 4.69) is 30.0 Å². The van der Waals surface area contributed by atoms with Crippen LogP contribution in [0.2, 0.25) is 0 Å². The van der Waals surface area contributed by atoms with Crippen molar-refractivity contribution in [3.05, 3.63) is 0 Å². The third-order valence-electron chi connectivity index (χ3n) is 3.08. The van der Waals surface area contributed by atoms with Gasteiger partial charge in [-0.3, -0.25) is 0 Å². The van der Waals surface area contributed by atoms with Gasteiger partial charge in [0, 0.05) is 0 Å². The molecule has 0 bridgehead atoms. The van der Waals surface area contributed by atoms with Gasteiger partial charge in [-0.2, -0.15) is 9.90 Å². The lowest BCUT2D eigenvalue weighted by Crippen LogP contribution is -2.20. The number of unbranched alkanes of at least 4 members (excludes halogenated alkanes) is 3. The molecule has 0 N–H and O–H groups in total. The first kappa shape index (κ1) is 22.7. The number of hydrogen-bond acceptors (Lipinski definition) is 0. The molecule has 102 valence electrons. The lowest BCUT2D eigenvalue weighted by atomic mass is 9.90. The summed E-state index contributed by atoms with van der Waals surface area (Å²) >= 11 is 0. The van der Waals surface area contributed by atoms with Gasteiger partial charge in [0.1, 0.15) is 0 Å². The summed E-state index contributed by atoms with van der Waals surface area (Å²) in [6, 6.07) is 0. The van der Waals surface area contributed by atoms with Gasteiger partial charge in [-0.25, -0.2) is 0 Å². The van der Waals surface area contributed by atoms with E-state index in [1.807, 2.05) is 0 Å². The van der Waals surface area contributed by atoms with Crippen LogP contribution in [0.15, 0.2) is 0 Å². The molecule has 0 heterocycles. The third-order valence-corrected chi connectivity index (χ3v) is 3.95. The van der Waals surface area contributed by atoms with Crippen molar-refractivity contribution in [3.8, 4) is 0 Å². The minimum atomic E-state index is 0. The molecular weight excluding hydrogens is 345 g/mol. The monoisotopic (exact) mass is 378 g/mol. The molecule has 2 unspecified atom stereocenters. The maximum Gasteiger partial charge on any atom is -0.0150 e. The van der Waals surface area contributed by atoms with Gasteiger partial charge in [-0.15, -0.1) is 33.2 Å². The average molecular weight is 378 g/mol. The molecule has 0 aromatic heterocycles. The Bertz CT molecular complexity index is 107. The summed E-state index contributed by atoms with van der Waals surface area (Å²) in [5.41, 5.74) is 0. The molecule has 0 rings (SSSR count). The van der Waals surface area contributed by atoms with E-state index in [0.29, 0.717) is 5.16 Å². The van der Waals surface area contributed by atoms with E-state index in [1.165, 1.54) is 57.8 Å². The molecule has 0 fully saturated rings. The lowest BCUT2D eigenvalue weighted by molar-refractivity contribution is 0.424. The van der Waals surface area contributed by atoms with Crippen LogP contribution in [0.4, 0.5) is 0 Å². The van der Waals surface area contributed by atoms with E-state index in [4.69, 9.17) is 0 Å². The van der Waals surface area contributed by atoms with Crippen molar-refractivity contribution in [2.45, 2.75) is 83.7 Å². The molecule has 0 aliphatic carbocycles. The van der Waals surface area contributed by atoms with E-state index < -0.39 is 0 Å². The molecule has 16 heavy (non-hydrogen) atoms. The molecule has 0 saturated heterocycles. The average Bonchev–Trinajstić information content (AvgIpc) is 2.21. The van der Waals surface area contributed by atoms with Gasteiger partial charge < -0.3 is 0 Å². The van der Waals surface area contributed by atoms with E-state index >= 15 is 0 Å². The van der Waals surface area contributed by atoms with Crippen LogP contribution in [0.25, 0.3) is 0 Å². The molecule has 0 nitrogen and oxygen atoms in total. The molecule has 0 spiro atoms. The Morgan fingerprint density at radius 3 is 1.19 bits per heavy atom. The van der Waals surface area contributed by atoms with E-state index in [-0.39, 0.29) is 33.9 Å². The smallest absolute Gasteiger partial charge is 0.0150 e. The van der Waals surface area contributed by atoms with Crippen LogP contribution >= 0.6 is 43.1 Å². The summed E-state index contributed by atoms with van der Waals surface area (Å²) in [6.45, 7) is 6.89. The van der Waals surface area contributed by atoms with Gasteiger partial charge in [-0.1, -0.05) is 59.3 Å². The van der Waals surface area contributed by atoms with Crippen molar-refractivity contribution in [1.82, 2.24) is 0 Å². The van der Waals surface area contributed by atoms with Crippen molar-refractivity contribution in [2.24, 2.45) is 0 Å². The van der Waals surface area contributed by atoms with Gasteiger partial charge >= 0.3 is 0 Å². The maximum absolute atomic E-state index is 3.17. The Hall–Kier alpha value is 1.59. The SMILES string of the molecule is CCCCC(P)(CCCC)CCCC.I.P. The zero-order valence-corrected chi connectivity index (χ0v) is 16.5. The molecule has 0 aliphatic heterocycles. The number of hydrogen-bond donors (Lipinski definition) is 0. The summed E-state index contributed by atoms with van der Waals surface area (Å²) in [7, 11) is 3.17. The quantitative estimate of drug-likeness (QED) is 0.349. The van der Waals surface area contributed by atoms with Crippen molar-refractivity contribution >= 4 is 43.1 Å². The number of rotatable bonds is 9. The van der Waals surface area contributed by atoms with Crippen LogP contribution < -0.4 is 0 Å². The number of halogens is 1. The normalized spacial score (nSPS) is 10.5. The fourth-order valence-corrected chi connectivity index (χ4v) is 2.57. The van der Waals surface area contributed by atoms with Gasteiger partial charge in [0.25, 0.3) is 0 Å². The van der Waals surface area contributed by atoms with Crippen molar-refractivity contribution in [1.29, 1.82) is 0 Å². The van der Waals surface area contributed by atoms with E-state index in [0.717, 1.165) is 0 Å². The Kier molecular flexibility index (Phi) is 20.8. The zero-order chi connectivity index (χ0) is 10.9. The van der Waals surface area contributed by atoms with Crippen LogP contribution in [0.3, 0.4) is 0 Å². The minimum absolute atomic E-state index is 0. The summed E-state index contributed by atoms with van der Waals surface area (Å²) in [5, 5.41) is 0.571. The highest BCUT2D eigenvalue weighted by Crippen LogP contribution is 2.36. The predicted molar refractivity (Wildman–Crippen MR) is 97.5 cm³/mol. The van der Waals surface area contributed by atoms with Crippen LogP contribution in [0.5, 0.6) is 0 Å². The van der Waals surface area contributed by atoms with Crippen LogP contribution in [-0.4, -0.2) is 5.16 Å². The molecular formula is C13H33IP2. The first-order valence-electron chi connectivity index (χ1n) is 6.47. The summed E-state index contributed by atoms with van der Waals surface area (Å²) < 4.78 is 0. The maximum atomic E-state index is 3.17. The second-order valence-electron chi connectivity index (χ2n) is 4.67. The Balaban J connectivity index is -0.000000845. The second-order valence-corrected chi connectivity index (χ2v) is 5.90. The Labute approximate surface area is 126 Å². The Morgan fingerprint density at radius 2 is 1.00 bits per heavy atom. The lowest BCUT2D eigenvalue weighted by Gasteiger charge is -2.29. The third kappa shape index (κ3) is 12.1. The van der Waals surface area contributed by atoms with Crippen LogP contribution in [-0.2, 0) is 0 Å². The molecule has 0 saturated carbocycles. The highest BCUT2D eigenvalue weighted by Gasteiger charge is 2.22. The van der Waals surface area contributed by atoms with Gasteiger partial charge in [0.05, 0.1) is 0 Å². The first-order valence-corrected chi connectivity index (χ1v) is 7.05. The van der Waals surface area contributed by atoms with Crippen LogP contribution in [0.1, 0.15) is 78.6 Å². The van der Waals surface area contributed by atoms with E-state index in [9.17, 15) is 0 Å². The molecule has 0 amide bonds. The van der Waals surface area contributed by atoms with Gasteiger partial charge in [0.15, 0.2) is 0 Å². The molecule has 0 aromatic carbocycles. The largest absolute Gasteiger partial charge is 0.153 e. The van der Waals surface area contributed by atoms with Gasteiger partial charge in [-0.05, 0) is 24.4 Å². The van der Waals surface area contributed by atoms with Crippen molar-refractivity contribution in [3.63, 3.8) is 0 Å². The standard InChI is InChI=1S/C13H29P.HI.H3P/c1-4-7-10-13(14,11-8-5-2)12-9-6-3;;/h4-12,14H2,1-3H3;1H;1H3. The molecule has 0 aromatic rings. The van der Waals surface area contributed by atoms with Gasteiger partial charge in [0.2, 0.25) is 0 Å². The highest BCUT2D eigenvalue weighted by molar-refractivity contribution is 14.0. The predicted octanol–water partition coefficient (Wildman–Crippen LogP) is 5.85. The first-order chi connectivity index (χ1) is 6.68. The molecule has 3 heteroatoms. The summed E-state index contributed by atoms with van der Waals surface area (Å²) in [5.74, 6) is 0. The topological polar surface area (TPSA) is 0 Å². The summed E-state index contributed by atoms with van der Waals surface area (Å²) in [6.07, 6.45) is 12.5. The van der Waals surface area contributed by atoms with Crippen molar-refractivity contribution in [2.75, 3.05) is 0 Å². The summed E-state index contributed by atoms with van der Waals surface area (Å²) in [4.78, 5) is 0. The van der Waals surface area contributed by atoms with E-state index in [1.54, 1.807) is 0 Å². The fraction of sp³-hybridized carbons (Fsp3) is 1.00. The Morgan fingerprint density at radius 1 is 0.750 bits per heavy atom. The second kappa shape index (κ2) is 14.7. The molecule has 2 atom stereocenters. The zero-order valence-electron chi connectivity index (χ0n) is 11.6. The highest BCUT2D eigenvalue weighted by atomic mass is 127.